The molecule has 68 valence electrons. The van der Waals surface area contributed by atoms with E-state index in [1.807, 2.05) is 12.1 Å². The minimum atomic E-state index is -0.543. The Balaban J connectivity index is 2.64. The van der Waals surface area contributed by atoms with E-state index in [1.54, 1.807) is 12.1 Å². The molecule has 0 spiro atoms. The highest BCUT2D eigenvalue weighted by molar-refractivity contribution is 6.30. The van der Waals surface area contributed by atoms with Crippen LogP contribution in [0.5, 0.6) is 0 Å². The van der Waals surface area contributed by atoms with Crippen LogP contribution in [0.25, 0.3) is 0 Å². The van der Waals surface area contributed by atoms with Gasteiger partial charge in [0, 0.05) is 11.4 Å². The van der Waals surface area contributed by atoms with E-state index in [9.17, 15) is 4.79 Å². The fourth-order valence-electron chi connectivity index (χ4n) is 0.918. The van der Waals surface area contributed by atoms with Gasteiger partial charge in [-0.3, -0.25) is 0 Å². The van der Waals surface area contributed by atoms with Crippen molar-refractivity contribution in [3.8, 4) is 0 Å². The van der Waals surface area contributed by atoms with Crippen LogP contribution >= 0.6 is 23.2 Å². The fourth-order valence-corrected chi connectivity index (χ4v) is 1.26. The molecule has 0 saturated carbocycles. The predicted octanol–water partition coefficient (Wildman–Crippen LogP) is 2.78. The Labute approximate surface area is 86.2 Å². The summed E-state index contributed by atoms with van der Waals surface area (Å²) >= 11 is 11.4. The second-order valence-corrected chi connectivity index (χ2v) is 3.43. The Morgan fingerprint density at radius 1 is 1.38 bits per heavy atom. The Morgan fingerprint density at radius 3 is 2.54 bits per heavy atom. The first kappa shape index (κ1) is 10.3. The number of aliphatic imine (C=N–C) groups is 1. The number of hydrogen-bond donors (Lipinski definition) is 0. The monoisotopic (exact) mass is 215 g/mol. The van der Waals surface area contributed by atoms with Crippen LogP contribution in [-0.4, -0.2) is 11.6 Å². The van der Waals surface area contributed by atoms with E-state index >= 15 is 0 Å². The number of rotatable bonds is 3. The molecular weight excluding hydrogens is 209 g/mol. The molecule has 1 aromatic carbocycles. The molecule has 1 rings (SSSR count). The van der Waals surface area contributed by atoms with Gasteiger partial charge < -0.3 is 0 Å². The van der Waals surface area contributed by atoms with Crippen LogP contribution in [0.2, 0.25) is 5.02 Å². The average molecular weight is 216 g/mol. The molecule has 1 atom stereocenters. The number of nitrogens with zero attached hydrogens (tertiary/aromatic N) is 1. The molecule has 1 unspecified atom stereocenters. The van der Waals surface area contributed by atoms with Crippen LogP contribution in [-0.2, 0) is 11.2 Å². The number of isocyanates is 1. The summed E-state index contributed by atoms with van der Waals surface area (Å²) in [5, 5.41) is 0.675. The van der Waals surface area contributed by atoms with Gasteiger partial charge >= 0.3 is 0 Å². The van der Waals surface area contributed by atoms with E-state index < -0.39 is 5.50 Å². The van der Waals surface area contributed by atoms with E-state index in [2.05, 4.69) is 4.99 Å². The summed E-state index contributed by atoms with van der Waals surface area (Å²) in [5.41, 5.74) is 0.446. The quantitative estimate of drug-likeness (QED) is 0.330. The van der Waals surface area contributed by atoms with Crippen molar-refractivity contribution in [2.24, 2.45) is 4.99 Å². The van der Waals surface area contributed by atoms with Gasteiger partial charge in [0.15, 0.2) is 0 Å². The third-order valence-corrected chi connectivity index (χ3v) is 2.01. The van der Waals surface area contributed by atoms with Gasteiger partial charge in [-0.1, -0.05) is 35.3 Å². The number of carbonyl (C=O) groups excluding carboxylic acids is 1. The van der Waals surface area contributed by atoms with E-state index in [4.69, 9.17) is 23.2 Å². The summed E-state index contributed by atoms with van der Waals surface area (Å²) in [7, 11) is 0. The van der Waals surface area contributed by atoms with Crippen LogP contribution in [0.1, 0.15) is 5.56 Å². The first-order chi connectivity index (χ1) is 6.22. The fraction of sp³-hybridized carbons (Fsp3) is 0.222. The molecule has 0 heterocycles. The molecule has 0 aliphatic rings. The van der Waals surface area contributed by atoms with E-state index in [1.165, 1.54) is 6.08 Å². The van der Waals surface area contributed by atoms with Crippen LogP contribution in [0.15, 0.2) is 29.3 Å². The summed E-state index contributed by atoms with van der Waals surface area (Å²) in [4.78, 5) is 13.2. The van der Waals surface area contributed by atoms with Crippen LogP contribution < -0.4 is 0 Å². The van der Waals surface area contributed by atoms with Gasteiger partial charge in [0.25, 0.3) is 0 Å². The lowest BCUT2D eigenvalue weighted by Crippen LogP contribution is -1.98. The molecule has 4 heteroatoms. The van der Waals surface area contributed by atoms with Crippen molar-refractivity contribution in [3.63, 3.8) is 0 Å². The Morgan fingerprint density at radius 2 is 2.00 bits per heavy atom. The summed E-state index contributed by atoms with van der Waals surface area (Å²) < 4.78 is 0. The maximum absolute atomic E-state index is 9.86. The molecule has 2 nitrogen and oxygen atoms in total. The van der Waals surface area contributed by atoms with Crippen molar-refractivity contribution in [1.29, 1.82) is 0 Å². The van der Waals surface area contributed by atoms with Gasteiger partial charge in [-0.05, 0) is 17.7 Å². The van der Waals surface area contributed by atoms with Crippen LogP contribution in [0.4, 0.5) is 0 Å². The molecule has 0 fully saturated rings. The largest absolute Gasteiger partial charge is 0.236 e. The smallest absolute Gasteiger partial charge is 0.211 e. The van der Waals surface area contributed by atoms with Gasteiger partial charge in [-0.25, -0.2) is 4.79 Å². The van der Waals surface area contributed by atoms with Gasteiger partial charge in [-0.15, -0.1) is 0 Å². The van der Waals surface area contributed by atoms with Gasteiger partial charge in [-0.2, -0.15) is 4.99 Å². The molecule has 1 aromatic rings. The summed E-state index contributed by atoms with van der Waals surface area (Å²) in [5.74, 6) is 0. The number of alkyl halides is 1. The minimum absolute atomic E-state index is 0.508. The highest BCUT2D eigenvalue weighted by atomic mass is 35.5. The summed E-state index contributed by atoms with van der Waals surface area (Å²) in [6, 6.07) is 7.23. The van der Waals surface area contributed by atoms with Crippen LogP contribution in [0, 0.1) is 0 Å². The summed E-state index contributed by atoms with van der Waals surface area (Å²) in [6.07, 6.45) is 1.92. The zero-order chi connectivity index (χ0) is 9.68. The molecule has 0 aliphatic heterocycles. The Bertz CT molecular complexity index is 317. The highest BCUT2D eigenvalue weighted by Crippen LogP contribution is 2.13. The standard InChI is InChI=1S/C9H7Cl2NO/c10-8-3-1-7(2-4-8)5-9(11)12-6-13/h1-4,9H,5H2. The third kappa shape index (κ3) is 3.60. The molecule has 0 aromatic heterocycles. The molecule has 0 aliphatic carbocycles. The Hall–Kier alpha value is -0.820. The number of hydrogen-bond acceptors (Lipinski definition) is 2. The summed E-state index contributed by atoms with van der Waals surface area (Å²) in [6.45, 7) is 0. The highest BCUT2D eigenvalue weighted by Gasteiger charge is 2.02. The second-order valence-electron chi connectivity index (χ2n) is 2.49. The van der Waals surface area contributed by atoms with Gasteiger partial charge in [0.05, 0.1) is 0 Å². The average Bonchev–Trinajstić information content (AvgIpc) is 2.09. The number of benzene rings is 1. The third-order valence-electron chi connectivity index (χ3n) is 1.51. The molecule has 0 amide bonds. The molecule has 0 bridgehead atoms. The minimum Gasteiger partial charge on any atom is -0.211 e. The van der Waals surface area contributed by atoms with Gasteiger partial charge in [0.2, 0.25) is 6.08 Å². The Kier molecular flexibility index (Phi) is 3.97. The van der Waals surface area contributed by atoms with Crippen molar-refractivity contribution >= 4 is 29.3 Å². The predicted molar refractivity (Wildman–Crippen MR) is 52.9 cm³/mol. The molecular formula is C9H7Cl2NO. The van der Waals surface area contributed by atoms with Crippen LogP contribution in [0.3, 0.4) is 0 Å². The van der Waals surface area contributed by atoms with E-state index in [0.717, 1.165) is 5.56 Å². The second kappa shape index (κ2) is 5.03. The molecule has 0 saturated heterocycles. The SMILES string of the molecule is O=C=NC(Cl)Cc1ccc(Cl)cc1. The lowest BCUT2D eigenvalue weighted by Gasteiger charge is -2.01. The number of halogens is 2. The molecule has 13 heavy (non-hydrogen) atoms. The first-order valence-corrected chi connectivity index (χ1v) is 4.49. The van der Waals surface area contributed by atoms with Gasteiger partial charge in [0.1, 0.15) is 5.50 Å². The van der Waals surface area contributed by atoms with Crippen molar-refractivity contribution < 1.29 is 4.79 Å². The maximum atomic E-state index is 9.86. The van der Waals surface area contributed by atoms with Crippen molar-refractivity contribution in [3.05, 3.63) is 34.9 Å². The molecule has 0 radical (unpaired) electrons. The topological polar surface area (TPSA) is 29.4 Å². The zero-order valence-electron chi connectivity index (χ0n) is 6.71. The first-order valence-electron chi connectivity index (χ1n) is 3.68. The zero-order valence-corrected chi connectivity index (χ0v) is 8.22. The lowest BCUT2D eigenvalue weighted by atomic mass is 10.1. The van der Waals surface area contributed by atoms with Crippen molar-refractivity contribution in [2.75, 3.05) is 0 Å². The van der Waals surface area contributed by atoms with E-state index in [0.29, 0.717) is 11.4 Å². The lowest BCUT2D eigenvalue weighted by molar-refractivity contribution is 0.562. The van der Waals surface area contributed by atoms with Crippen molar-refractivity contribution in [2.45, 2.75) is 11.9 Å². The normalized spacial score (nSPS) is 11.8. The molecule has 0 N–H and O–H groups in total. The van der Waals surface area contributed by atoms with E-state index in [-0.39, 0.29) is 0 Å². The van der Waals surface area contributed by atoms with Crippen molar-refractivity contribution in [1.82, 2.24) is 0 Å². The maximum Gasteiger partial charge on any atom is 0.236 e.